The number of carbonyl (C=O) groups excluding carboxylic acids is 1. The molecule has 0 bridgehead atoms. The van der Waals surface area contributed by atoms with E-state index in [-0.39, 0.29) is 16.4 Å². The van der Waals surface area contributed by atoms with Gasteiger partial charge in [-0.1, -0.05) is 11.6 Å². The second kappa shape index (κ2) is 5.64. The van der Waals surface area contributed by atoms with E-state index in [0.717, 1.165) is 6.07 Å². The monoisotopic (exact) mass is 280 g/mol. The maximum atomic E-state index is 13.5. The zero-order valence-electron chi connectivity index (χ0n) is 9.65. The molecule has 0 saturated carbocycles. The minimum Gasteiger partial charge on any atom is -0.324 e. The van der Waals surface area contributed by atoms with Crippen molar-refractivity contribution in [2.75, 3.05) is 10.7 Å². The normalized spacial score (nSPS) is 10.1. The summed E-state index contributed by atoms with van der Waals surface area (Å²) in [4.78, 5) is 15.8. The molecule has 5 nitrogen and oxygen atoms in total. The number of hydrogen-bond donors (Lipinski definition) is 3. The van der Waals surface area contributed by atoms with Crippen LogP contribution in [0.2, 0.25) is 5.02 Å². The first-order chi connectivity index (χ1) is 9.10. The van der Waals surface area contributed by atoms with E-state index in [1.807, 2.05) is 0 Å². The van der Waals surface area contributed by atoms with Crippen LogP contribution < -0.4 is 16.6 Å². The molecule has 7 heteroatoms. The number of nitrogen functional groups attached to an aromatic ring is 1. The van der Waals surface area contributed by atoms with Crippen LogP contribution in [0.3, 0.4) is 0 Å². The van der Waals surface area contributed by atoms with Gasteiger partial charge < -0.3 is 10.7 Å². The van der Waals surface area contributed by atoms with Gasteiger partial charge in [-0.15, -0.1) is 0 Å². The quantitative estimate of drug-likeness (QED) is 0.596. The number of nitrogens with two attached hydrogens (primary N) is 1. The molecule has 0 spiro atoms. The minimum atomic E-state index is -0.617. The van der Waals surface area contributed by atoms with Crippen LogP contribution in [0.15, 0.2) is 36.5 Å². The number of aromatic nitrogens is 1. The number of nitrogens with one attached hydrogen (secondary N) is 2. The summed E-state index contributed by atoms with van der Waals surface area (Å²) in [5.74, 6) is 4.07. The number of halogens is 2. The fourth-order valence-electron chi connectivity index (χ4n) is 1.42. The molecule has 2 rings (SSSR count). The number of carbonyl (C=O) groups is 1. The largest absolute Gasteiger partial charge is 0.324 e. The molecule has 0 aliphatic carbocycles. The number of benzene rings is 1. The first-order valence-corrected chi connectivity index (χ1v) is 5.67. The lowest BCUT2D eigenvalue weighted by Crippen LogP contribution is -2.15. The third-order valence-corrected chi connectivity index (χ3v) is 2.57. The molecule has 2 aromatic rings. The summed E-state index contributed by atoms with van der Waals surface area (Å²) >= 11 is 5.62. The molecule has 0 fully saturated rings. The van der Waals surface area contributed by atoms with Crippen molar-refractivity contribution < 1.29 is 9.18 Å². The molecule has 0 aliphatic rings. The molecule has 0 atom stereocenters. The molecular weight excluding hydrogens is 271 g/mol. The summed E-state index contributed by atoms with van der Waals surface area (Å²) < 4.78 is 13.5. The molecule has 0 unspecified atom stereocenters. The Labute approximate surface area is 113 Å². The van der Waals surface area contributed by atoms with Gasteiger partial charge in [0.1, 0.15) is 11.5 Å². The van der Waals surface area contributed by atoms with Gasteiger partial charge in [-0.3, -0.25) is 15.6 Å². The van der Waals surface area contributed by atoms with Gasteiger partial charge in [0, 0.05) is 11.2 Å². The zero-order chi connectivity index (χ0) is 13.8. The van der Waals surface area contributed by atoms with Crippen LogP contribution in [-0.2, 0) is 0 Å². The van der Waals surface area contributed by atoms with Crippen LogP contribution in [0.4, 0.5) is 15.8 Å². The number of hydrogen-bond acceptors (Lipinski definition) is 4. The van der Waals surface area contributed by atoms with Crippen molar-refractivity contribution in [2.24, 2.45) is 5.84 Å². The second-order valence-corrected chi connectivity index (χ2v) is 4.09. The summed E-state index contributed by atoms with van der Waals surface area (Å²) in [5.41, 5.74) is 3.06. The molecule has 1 aromatic carbocycles. The zero-order valence-corrected chi connectivity index (χ0v) is 10.4. The highest BCUT2D eigenvalue weighted by atomic mass is 35.5. The van der Waals surface area contributed by atoms with E-state index in [1.165, 1.54) is 24.4 Å². The number of amides is 1. The van der Waals surface area contributed by atoms with E-state index in [1.54, 1.807) is 6.07 Å². The summed E-state index contributed by atoms with van der Waals surface area (Å²) in [7, 11) is 0. The number of nitrogens with zero attached hydrogens (tertiary/aromatic N) is 1. The lowest BCUT2D eigenvalue weighted by molar-refractivity contribution is 0.102. The number of rotatable bonds is 3. The van der Waals surface area contributed by atoms with Crippen molar-refractivity contribution in [1.29, 1.82) is 0 Å². The van der Waals surface area contributed by atoms with Gasteiger partial charge >= 0.3 is 0 Å². The average molecular weight is 281 g/mol. The van der Waals surface area contributed by atoms with E-state index in [9.17, 15) is 9.18 Å². The Bertz CT molecular complexity index is 620. The first kappa shape index (κ1) is 13.3. The number of hydrazine groups is 1. The van der Waals surface area contributed by atoms with Crippen molar-refractivity contribution in [1.82, 2.24) is 4.98 Å². The van der Waals surface area contributed by atoms with E-state index in [2.05, 4.69) is 15.7 Å². The van der Waals surface area contributed by atoms with Gasteiger partial charge in [0.25, 0.3) is 5.91 Å². The van der Waals surface area contributed by atoms with E-state index in [0.29, 0.717) is 5.69 Å². The average Bonchev–Trinajstić information content (AvgIpc) is 2.42. The third-order valence-electron chi connectivity index (χ3n) is 2.34. The Morgan fingerprint density at radius 3 is 2.79 bits per heavy atom. The molecule has 1 heterocycles. The standard InChI is InChI=1S/C12H10ClFN4O/c13-7-1-2-10(9(14)5-7)17-12(19)11-6-8(18-15)3-4-16-11/h1-6H,15H2,(H,16,18)(H,17,19). The topological polar surface area (TPSA) is 80.0 Å². The predicted molar refractivity (Wildman–Crippen MR) is 71.4 cm³/mol. The Balaban J connectivity index is 2.20. The van der Waals surface area contributed by atoms with Crippen LogP contribution >= 0.6 is 11.6 Å². The van der Waals surface area contributed by atoms with Gasteiger partial charge in [-0.25, -0.2) is 4.39 Å². The molecule has 19 heavy (non-hydrogen) atoms. The smallest absolute Gasteiger partial charge is 0.274 e. The van der Waals surface area contributed by atoms with Crippen molar-refractivity contribution in [2.45, 2.75) is 0 Å². The summed E-state index contributed by atoms with van der Waals surface area (Å²) in [5, 5.41) is 2.65. The molecule has 0 saturated heterocycles. The summed E-state index contributed by atoms with van der Waals surface area (Å²) in [6.07, 6.45) is 1.42. The van der Waals surface area contributed by atoms with Gasteiger partial charge in [0.2, 0.25) is 0 Å². The third kappa shape index (κ3) is 3.18. The maximum Gasteiger partial charge on any atom is 0.274 e. The van der Waals surface area contributed by atoms with Crippen molar-refractivity contribution in [3.05, 3.63) is 53.1 Å². The summed E-state index contributed by atoms with van der Waals surface area (Å²) in [6.45, 7) is 0. The fourth-order valence-corrected chi connectivity index (χ4v) is 1.58. The van der Waals surface area contributed by atoms with Crippen LogP contribution in [0.1, 0.15) is 10.5 Å². The Hall–Kier alpha value is -2.18. The van der Waals surface area contributed by atoms with E-state index in [4.69, 9.17) is 17.4 Å². The van der Waals surface area contributed by atoms with Gasteiger partial charge in [0.15, 0.2) is 0 Å². The molecule has 4 N–H and O–H groups in total. The summed E-state index contributed by atoms with van der Waals surface area (Å²) in [6, 6.07) is 7.01. The highest BCUT2D eigenvalue weighted by molar-refractivity contribution is 6.30. The SMILES string of the molecule is NNc1ccnc(C(=O)Nc2ccc(Cl)cc2F)c1. The van der Waals surface area contributed by atoms with Gasteiger partial charge in [0.05, 0.1) is 11.4 Å². The van der Waals surface area contributed by atoms with Crippen LogP contribution in [0.5, 0.6) is 0 Å². The second-order valence-electron chi connectivity index (χ2n) is 3.65. The molecule has 1 aromatic heterocycles. The minimum absolute atomic E-state index is 0.0299. The molecule has 0 aliphatic heterocycles. The lowest BCUT2D eigenvalue weighted by atomic mass is 10.2. The maximum absolute atomic E-state index is 13.5. The van der Waals surface area contributed by atoms with Crippen molar-refractivity contribution in [3.63, 3.8) is 0 Å². The van der Waals surface area contributed by atoms with Crippen LogP contribution in [-0.4, -0.2) is 10.9 Å². The van der Waals surface area contributed by atoms with Crippen LogP contribution in [0.25, 0.3) is 0 Å². The Morgan fingerprint density at radius 1 is 1.32 bits per heavy atom. The van der Waals surface area contributed by atoms with Gasteiger partial charge in [-0.2, -0.15) is 0 Å². The first-order valence-electron chi connectivity index (χ1n) is 5.29. The van der Waals surface area contributed by atoms with Crippen molar-refractivity contribution >= 4 is 28.9 Å². The van der Waals surface area contributed by atoms with Gasteiger partial charge in [-0.05, 0) is 30.3 Å². The highest BCUT2D eigenvalue weighted by Gasteiger charge is 2.11. The number of pyridine rings is 1. The fraction of sp³-hybridized carbons (Fsp3) is 0. The molecule has 1 amide bonds. The Morgan fingerprint density at radius 2 is 2.11 bits per heavy atom. The molecular formula is C12H10ClFN4O. The van der Waals surface area contributed by atoms with E-state index < -0.39 is 11.7 Å². The number of anilines is 2. The molecule has 0 radical (unpaired) electrons. The lowest BCUT2D eigenvalue weighted by Gasteiger charge is -2.07. The highest BCUT2D eigenvalue weighted by Crippen LogP contribution is 2.19. The van der Waals surface area contributed by atoms with Crippen LogP contribution in [0, 0.1) is 5.82 Å². The van der Waals surface area contributed by atoms with Crippen molar-refractivity contribution in [3.8, 4) is 0 Å². The Kier molecular flexibility index (Phi) is 3.94. The molecule has 98 valence electrons. The predicted octanol–water partition coefficient (Wildman–Crippen LogP) is 2.41. The van der Waals surface area contributed by atoms with E-state index >= 15 is 0 Å².